The molecule has 1 heterocycles. The number of nitrogens with one attached hydrogen (secondary N) is 2. The van der Waals surface area contributed by atoms with Gasteiger partial charge in [0.2, 0.25) is 0 Å². The summed E-state index contributed by atoms with van der Waals surface area (Å²) in [4.78, 5) is 18.9. The predicted molar refractivity (Wildman–Crippen MR) is 102 cm³/mol. The standard InChI is InChI=1S/C20H30N4O/c1-3-22-20(24-13-17-6-4-5-7-18(17)14-24)23-12-15-8-10-16(11-9-15)19(25)21-2/h8-11,17-18H,3-7,12-14H2,1-2H3,(H,21,25)(H,22,23). The summed E-state index contributed by atoms with van der Waals surface area (Å²) < 4.78 is 0. The van der Waals surface area contributed by atoms with Crippen molar-refractivity contribution in [2.75, 3.05) is 26.7 Å². The molecule has 1 saturated carbocycles. The summed E-state index contributed by atoms with van der Waals surface area (Å²) in [6.45, 7) is 5.94. The summed E-state index contributed by atoms with van der Waals surface area (Å²) in [5, 5.41) is 6.10. The van der Waals surface area contributed by atoms with Gasteiger partial charge in [0.15, 0.2) is 5.96 Å². The predicted octanol–water partition coefficient (Wildman–Crippen LogP) is 2.63. The number of carbonyl (C=O) groups excluding carboxylic acids is 1. The van der Waals surface area contributed by atoms with Crippen molar-refractivity contribution in [3.05, 3.63) is 35.4 Å². The van der Waals surface area contributed by atoms with Crippen LogP contribution in [0.15, 0.2) is 29.3 Å². The van der Waals surface area contributed by atoms with Gasteiger partial charge in [-0.3, -0.25) is 4.79 Å². The van der Waals surface area contributed by atoms with E-state index in [0.29, 0.717) is 12.1 Å². The number of likely N-dealkylation sites (tertiary alicyclic amines) is 1. The Balaban J connectivity index is 1.65. The monoisotopic (exact) mass is 342 g/mol. The number of rotatable bonds is 4. The minimum absolute atomic E-state index is 0.0527. The molecule has 0 spiro atoms. The van der Waals surface area contributed by atoms with Crippen LogP contribution in [0.2, 0.25) is 0 Å². The number of nitrogens with zero attached hydrogens (tertiary/aromatic N) is 2. The van der Waals surface area contributed by atoms with Crippen LogP contribution in [0.4, 0.5) is 0 Å². The SMILES string of the molecule is CCNC(=NCc1ccc(C(=O)NC)cc1)N1CC2CCCCC2C1. The van der Waals surface area contributed by atoms with Crippen LogP contribution >= 0.6 is 0 Å². The van der Waals surface area contributed by atoms with Gasteiger partial charge in [-0.2, -0.15) is 0 Å². The molecule has 0 aromatic heterocycles. The van der Waals surface area contributed by atoms with Crippen LogP contribution in [-0.4, -0.2) is 43.4 Å². The Morgan fingerprint density at radius 1 is 1.16 bits per heavy atom. The molecule has 1 amide bonds. The van der Waals surface area contributed by atoms with Crippen molar-refractivity contribution in [1.29, 1.82) is 0 Å². The lowest BCUT2D eigenvalue weighted by molar-refractivity contribution is 0.0963. The molecule has 1 aromatic rings. The summed E-state index contributed by atoms with van der Waals surface area (Å²) in [6.07, 6.45) is 5.53. The second-order valence-electron chi connectivity index (χ2n) is 7.16. The molecule has 1 aliphatic carbocycles. The number of fused-ring (bicyclic) bond motifs is 1. The van der Waals surface area contributed by atoms with Crippen LogP contribution < -0.4 is 10.6 Å². The van der Waals surface area contributed by atoms with Crippen molar-refractivity contribution < 1.29 is 4.79 Å². The fourth-order valence-corrected chi connectivity index (χ4v) is 4.08. The van der Waals surface area contributed by atoms with Crippen LogP contribution in [0.3, 0.4) is 0 Å². The van der Waals surface area contributed by atoms with Crippen molar-refractivity contribution in [2.24, 2.45) is 16.8 Å². The number of benzene rings is 1. The molecule has 25 heavy (non-hydrogen) atoms. The molecule has 0 bridgehead atoms. The number of guanidine groups is 1. The Morgan fingerprint density at radius 3 is 2.36 bits per heavy atom. The van der Waals surface area contributed by atoms with E-state index < -0.39 is 0 Å². The topological polar surface area (TPSA) is 56.7 Å². The lowest BCUT2D eigenvalue weighted by atomic mass is 9.82. The van der Waals surface area contributed by atoms with E-state index in [-0.39, 0.29) is 5.91 Å². The molecule has 2 fully saturated rings. The molecule has 3 rings (SSSR count). The van der Waals surface area contributed by atoms with Crippen LogP contribution in [0.25, 0.3) is 0 Å². The molecule has 1 aromatic carbocycles. The molecular weight excluding hydrogens is 312 g/mol. The van der Waals surface area contributed by atoms with Crippen molar-refractivity contribution in [3.63, 3.8) is 0 Å². The maximum atomic E-state index is 11.6. The van der Waals surface area contributed by atoms with E-state index >= 15 is 0 Å². The third-order valence-corrected chi connectivity index (χ3v) is 5.47. The van der Waals surface area contributed by atoms with Gasteiger partial charge in [0.05, 0.1) is 6.54 Å². The maximum absolute atomic E-state index is 11.6. The highest BCUT2D eigenvalue weighted by molar-refractivity contribution is 5.93. The zero-order valence-corrected chi connectivity index (χ0v) is 15.4. The van der Waals surface area contributed by atoms with Gasteiger partial charge < -0.3 is 15.5 Å². The quantitative estimate of drug-likeness (QED) is 0.653. The smallest absolute Gasteiger partial charge is 0.251 e. The molecule has 1 aliphatic heterocycles. The van der Waals surface area contributed by atoms with Gasteiger partial charge in [-0.15, -0.1) is 0 Å². The molecule has 2 unspecified atom stereocenters. The molecule has 1 saturated heterocycles. The van der Waals surface area contributed by atoms with Gasteiger partial charge in [-0.25, -0.2) is 4.99 Å². The summed E-state index contributed by atoms with van der Waals surface area (Å²) in [7, 11) is 1.65. The number of carbonyl (C=O) groups is 1. The molecule has 5 heteroatoms. The first kappa shape index (κ1) is 17.8. The first-order valence-corrected chi connectivity index (χ1v) is 9.55. The van der Waals surface area contributed by atoms with E-state index in [2.05, 4.69) is 22.5 Å². The number of hydrogen-bond donors (Lipinski definition) is 2. The summed E-state index contributed by atoms with van der Waals surface area (Å²) >= 11 is 0. The van der Waals surface area contributed by atoms with Gasteiger partial charge in [0.25, 0.3) is 5.91 Å². The molecule has 2 atom stereocenters. The molecule has 2 N–H and O–H groups in total. The van der Waals surface area contributed by atoms with Crippen LogP contribution in [-0.2, 0) is 6.54 Å². The normalized spacial score (nSPS) is 23.3. The number of aliphatic imine (C=N–C) groups is 1. The van der Waals surface area contributed by atoms with Gasteiger partial charge in [-0.1, -0.05) is 25.0 Å². The third kappa shape index (κ3) is 4.33. The van der Waals surface area contributed by atoms with E-state index in [4.69, 9.17) is 4.99 Å². The second kappa shape index (κ2) is 8.37. The summed E-state index contributed by atoms with van der Waals surface area (Å²) in [5.74, 6) is 2.68. The van der Waals surface area contributed by atoms with Crippen molar-refractivity contribution in [1.82, 2.24) is 15.5 Å². The van der Waals surface area contributed by atoms with Gasteiger partial charge in [-0.05, 0) is 49.3 Å². The zero-order chi connectivity index (χ0) is 17.6. The highest BCUT2D eigenvalue weighted by Crippen LogP contribution is 2.35. The van der Waals surface area contributed by atoms with Crippen molar-refractivity contribution in [2.45, 2.75) is 39.2 Å². The first-order valence-electron chi connectivity index (χ1n) is 9.55. The van der Waals surface area contributed by atoms with Crippen LogP contribution in [0.1, 0.15) is 48.5 Å². The number of amides is 1. The van der Waals surface area contributed by atoms with E-state index in [9.17, 15) is 4.79 Å². The number of hydrogen-bond acceptors (Lipinski definition) is 2. The maximum Gasteiger partial charge on any atom is 0.251 e. The highest BCUT2D eigenvalue weighted by atomic mass is 16.1. The van der Waals surface area contributed by atoms with Crippen LogP contribution in [0, 0.1) is 11.8 Å². The van der Waals surface area contributed by atoms with Crippen molar-refractivity contribution >= 4 is 11.9 Å². The fraction of sp³-hybridized carbons (Fsp3) is 0.600. The van der Waals surface area contributed by atoms with Crippen molar-refractivity contribution in [3.8, 4) is 0 Å². The zero-order valence-electron chi connectivity index (χ0n) is 15.4. The Morgan fingerprint density at radius 2 is 1.80 bits per heavy atom. The average Bonchev–Trinajstić information content (AvgIpc) is 3.09. The Kier molecular flexibility index (Phi) is 5.95. The lowest BCUT2D eigenvalue weighted by Crippen LogP contribution is -2.40. The van der Waals surface area contributed by atoms with E-state index in [1.165, 1.54) is 25.7 Å². The van der Waals surface area contributed by atoms with Gasteiger partial charge in [0, 0.05) is 32.2 Å². The summed E-state index contributed by atoms with van der Waals surface area (Å²) in [6, 6.07) is 7.70. The minimum Gasteiger partial charge on any atom is -0.357 e. The molecule has 136 valence electrons. The Hall–Kier alpha value is -2.04. The third-order valence-electron chi connectivity index (χ3n) is 5.47. The minimum atomic E-state index is -0.0527. The van der Waals surface area contributed by atoms with E-state index in [0.717, 1.165) is 43.0 Å². The Labute approximate surface area is 150 Å². The molecule has 2 aliphatic rings. The van der Waals surface area contributed by atoms with E-state index in [1.807, 2.05) is 24.3 Å². The highest BCUT2D eigenvalue weighted by Gasteiger charge is 2.35. The largest absolute Gasteiger partial charge is 0.357 e. The van der Waals surface area contributed by atoms with Gasteiger partial charge in [0.1, 0.15) is 0 Å². The molecular formula is C20H30N4O. The van der Waals surface area contributed by atoms with Crippen LogP contribution in [0.5, 0.6) is 0 Å². The van der Waals surface area contributed by atoms with E-state index in [1.54, 1.807) is 7.05 Å². The molecule has 5 nitrogen and oxygen atoms in total. The first-order chi connectivity index (χ1) is 12.2. The lowest BCUT2D eigenvalue weighted by Gasteiger charge is -2.22. The van der Waals surface area contributed by atoms with Gasteiger partial charge >= 0.3 is 0 Å². The molecule has 0 radical (unpaired) electrons. The summed E-state index contributed by atoms with van der Waals surface area (Å²) in [5.41, 5.74) is 1.81. The second-order valence-corrected chi connectivity index (χ2v) is 7.16. The Bertz CT molecular complexity index is 597. The fourth-order valence-electron chi connectivity index (χ4n) is 4.08. The average molecular weight is 342 g/mol.